The molecule has 1 saturated heterocycles. The first kappa shape index (κ1) is 20.2. The summed E-state index contributed by atoms with van der Waals surface area (Å²) in [6.07, 6.45) is 2.80. The number of carbonyl (C=O) groups excluding carboxylic acids is 1. The molecule has 1 fully saturated rings. The Morgan fingerprint density at radius 2 is 1.71 bits per heavy atom. The molecule has 1 amide bonds. The molecule has 150 valence electrons. The molecular formula is C22H29N3O3. The number of carbonyl (C=O) groups is 1. The Kier molecular flexibility index (Phi) is 6.90. The van der Waals surface area contributed by atoms with Gasteiger partial charge in [-0.25, -0.2) is 0 Å². The maximum absolute atomic E-state index is 12.4. The van der Waals surface area contributed by atoms with Gasteiger partial charge in [-0.05, 0) is 68.3 Å². The molecule has 0 radical (unpaired) electrons. The molecular weight excluding hydrogens is 354 g/mol. The lowest BCUT2D eigenvalue weighted by Gasteiger charge is -2.29. The molecule has 1 atom stereocenters. The molecule has 1 aliphatic heterocycles. The van der Waals surface area contributed by atoms with Crippen molar-refractivity contribution in [3.8, 4) is 11.5 Å². The molecule has 0 spiro atoms. The van der Waals surface area contributed by atoms with E-state index in [1.165, 1.54) is 0 Å². The summed E-state index contributed by atoms with van der Waals surface area (Å²) in [4.78, 5) is 14.7. The molecule has 28 heavy (non-hydrogen) atoms. The molecule has 6 heteroatoms. The van der Waals surface area contributed by atoms with Crippen molar-refractivity contribution < 1.29 is 14.3 Å². The maximum atomic E-state index is 12.4. The molecule has 3 rings (SSSR count). The van der Waals surface area contributed by atoms with Gasteiger partial charge in [0, 0.05) is 18.8 Å². The van der Waals surface area contributed by atoms with Crippen molar-refractivity contribution in [1.29, 1.82) is 0 Å². The van der Waals surface area contributed by atoms with Crippen LogP contribution in [0, 0.1) is 0 Å². The molecule has 1 heterocycles. The van der Waals surface area contributed by atoms with E-state index in [1.54, 1.807) is 7.11 Å². The average molecular weight is 383 g/mol. The van der Waals surface area contributed by atoms with Crippen molar-refractivity contribution in [2.75, 3.05) is 32.6 Å². The highest BCUT2D eigenvalue weighted by Gasteiger charge is 2.18. The summed E-state index contributed by atoms with van der Waals surface area (Å²) >= 11 is 0. The van der Waals surface area contributed by atoms with Crippen LogP contribution in [0.2, 0.25) is 0 Å². The number of amides is 1. The van der Waals surface area contributed by atoms with Gasteiger partial charge >= 0.3 is 0 Å². The Balaban J connectivity index is 1.49. The number of hydrogen-bond acceptors (Lipinski definition) is 5. The Hall–Kier alpha value is -2.57. The van der Waals surface area contributed by atoms with Gasteiger partial charge < -0.3 is 25.4 Å². The van der Waals surface area contributed by atoms with E-state index in [1.807, 2.05) is 48.5 Å². The van der Waals surface area contributed by atoms with Gasteiger partial charge in [-0.15, -0.1) is 0 Å². The third kappa shape index (κ3) is 5.71. The fourth-order valence-electron chi connectivity index (χ4n) is 3.26. The second kappa shape index (κ2) is 9.57. The third-order valence-corrected chi connectivity index (χ3v) is 5.04. The molecule has 0 unspecified atom stereocenters. The van der Waals surface area contributed by atoms with Gasteiger partial charge in [-0.3, -0.25) is 4.79 Å². The first-order chi connectivity index (χ1) is 13.5. The van der Waals surface area contributed by atoms with E-state index in [9.17, 15) is 4.79 Å². The first-order valence-electron chi connectivity index (χ1n) is 9.68. The van der Waals surface area contributed by atoms with Crippen LogP contribution in [0.4, 0.5) is 5.69 Å². The number of likely N-dealkylation sites (tertiary alicyclic amines) is 1. The monoisotopic (exact) mass is 383 g/mol. The lowest BCUT2D eigenvalue weighted by Crippen LogP contribution is -2.37. The van der Waals surface area contributed by atoms with Crippen LogP contribution in [0.15, 0.2) is 48.5 Å². The minimum Gasteiger partial charge on any atom is -0.497 e. The Morgan fingerprint density at radius 1 is 1.11 bits per heavy atom. The quantitative estimate of drug-likeness (QED) is 0.769. The van der Waals surface area contributed by atoms with Crippen molar-refractivity contribution in [3.05, 3.63) is 54.1 Å². The minimum atomic E-state index is -0.622. The third-order valence-electron chi connectivity index (χ3n) is 5.04. The van der Waals surface area contributed by atoms with Gasteiger partial charge in [0.1, 0.15) is 17.6 Å². The topological polar surface area (TPSA) is 76.8 Å². The zero-order valence-electron chi connectivity index (χ0n) is 16.6. The summed E-state index contributed by atoms with van der Waals surface area (Å²) in [6, 6.07) is 14.4. The predicted molar refractivity (Wildman–Crippen MR) is 111 cm³/mol. The summed E-state index contributed by atoms with van der Waals surface area (Å²) in [5, 5.41) is 2.87. The number of nitrogens with two attached hydrogens (primary N) is 1. The fourth-order valence-corrected chi connectivity index (χ4v) is 3.26. The van der Waals surface area contributed by atoms with Crippen molar-refractivity contribution >= 4 is 11.6 Å². The van der Waals surface area contributed by atoms with Gasteiger partial charge in [0.25, 0.3) is 0 Å². The Morgan fingerprint density at radius 3 is 2.32 bits per heavy atom. The standard InChI is InChI=1S/C22H29N3O3/c1-25-13-11-20(12-14-25)28-19-9-5-17(6-10-19)24-22(26)21(23)15-16-3-7-18(27-2)8-4-16/h3-10,20-21H,11-15,23H2,1-2H3,(H,24,26)/t21-/m0/s1. The predicted octanol–water partition coefficient (Wildman–Crippen LogP) is 2.68. The summed E-state index contributed by atoms with van der Waals surface area (Å²) < 4.78 is 11.2. The zero-order valence-corrected chi connectivity index (χ0v) is 16.6. The highest BCUT2D eigenvalue weighted by atomic mass is 16.5. The second-order valence-corrected chi connectivity index (χ2v) is 7.29. The number of nitrogens with zero attached hydrogens (tertiary/aromatic N) is 1. The number of methoxy groups -OCH3 is 1. The van der Waals surface area contributed by atoms with Crippen LogP contribution < -0.4 is 20.5 Å². The highest BCUT2D eigenvalue weighted by Crippen LogP contribution is 2.21. The summed E-state index contributed by atoms with van der Waals surface area (Å²) in [6.45, 7) is 2.12. The van der Waals surface area contributed by atoms with Crippen molar-refractivity contribution in [1.82, 2.24) is 4.90 Å². The van der Waals surface area contributed by atoms with Gasteiger partial charge in [-0.2, -0.15) is 0 Å². The van der Waals surface area contributed by atoms with Crippen LogP contribution in [0.5, 0.6) is 11.5 Å². The van der Waals surface area contributed by atoms with Crippen LogP contribution in [0.1, 0.15) is 18.4 Å². The minimum absolute atomic E-state index is 0.209. The largest absolute Gasteiger partial charge is 0.497 e. The van der Waals surface area contributed by atoms with E-state index in [0.717, 1.165) is 43.0 Å². The zero-order chi connectivity index (χ0) is 19.9. The Labute approximate surface area is 166 Å². The number of ether oxygens (including phenoxy) is 2. The van der Waals surface area contributed by atoms with Crippen LogP contribution in [-0.4, -0.2) is 50.2 Å². The maximum Gasteiger partial charge on any atom is 0.241 e. The van der Waals surface area contributed by atoms with Gasteiger partial charge in [0.2, 0.25) is 5.91 Å². The van der Waals surface area contributed by atoms with Crippen molar-refractivity contribution in [2.45, 2.75) is 31.4 Å². The van der Waals surface area contributed by atoms with Gasteiger partial charge in [0.05, 0.1) is 13.2 Å². The molecule has 0 aliphatic carbocycles. The number of hydrogen-bond donors (Lipinski definition) is 2. The van der Waals surface area contributed by atoms with E-state index in [-0.39, 0.29) is 12.0 Å². The van der Waals surface area contributed by atoms with E-state index in [2.05, 4.69) is 17.3 Å². The van der Waals surface area contributed by atoms with Gasteiger partial charge in [0.15, 0.2) is 0 Å². The van der Waals surface area contributed by atoms with Crippen molar-refractivity contribution in [2.24, 2.45) is 5.73 Å². The summed E-state index contributed by atoms with van der Waals surface area (Å²) in [5.41, 5.74) is 7.77. The van der Waals surface area contributed by atoms with E-state index in [0.29, 0.717) is 12.1 Å². The number of benzene rings is 2. The lowest BCUT2D eigenvalue weighted by molar-refractivity contribution is -0.117. The van der Waals surface area contributed by atoms with E-state index in [4.69, 9.17) is 15.2 Å². The molecule has 0 aromatic heterocycles. The van der Waals surface area contributed by atoms with E-state index >= 15 is 0 Å². The van der Waals surface area contributed by atoms with Crippen LogP contribution in [-0.2, 0) is 11.2 Å². The molecule has 2 aromatic rings. The normalized spacial score (nSPS) is 16.4. The number of rotatable bonds is 7. The van der Waals surface area contributed by atoms with Crippen LogP contribution in [0.25, 0.3) is 0 Å². The van der Waals surface area contributed by atoms with E-state index < -0.39 is 6.04 Å². The van der Waals surface area contributed by atoms with Crippen LogP contribution >= 0.6 is 0 Å². The molecule has 2 aromatic carbocycles. The van der Waals surface area contributed by atoms with Gasteiger partial charge in [-0.1, -0.05) is 12.1 Å². The Bertz CT molecular complexity index is 754. The smallest absolute Gasteiger partial charge is 0.241 e. The molecule has 0 saturated carbocycles. The van der Waals surface area contributed by atoms with Crippen LogP contribution in [0.3, 0.4) is 0 Å². The number of anilines is 1. The fraction of sp³-hybridized carbons (Fsp3) is 0.409. The molecule has 3 N–H and O–H groups in total. The molecule has 6 nitrogen and oxygen atoms in total. The molecule has 0 bridgehead atoms. The second-order valence-electron chi connectivity index (χ2n) is 7.29. The average Bonchev–Trinajstić information content (AvgIpc) is 2.71. The highest BCUT2D eigenvalue weighted by molar-refractivity contribution is 5.94. The summed E-state index contributed by atoms with van der Waals surface area (Å²) in [7, 11) is 3.76. The molecule has 1 aliphatic rings. The summed E-state index contributed by atoms with van der Waals surface area (Å²) in [5.74, 6) is 1.40. The lowest BCUT2D eigenvalue weighted by atomic mass is 10.1. The first-order valence-corrected chi connectivity index (χ1v) is 9.68. The SMILES string of the molecule is COc1ccc(C[C@H](N)C(=O)Nc2ccc(OC3CCN(C)CC3)cc2)cc1. The number of piperidine rings is 1. The van der Waals surface area contributed by atoms with Crippen molar-refractivity contribution in [3.63, 3.8) is 0 Å². The number of nitrogens with one attached hydrogen (secondary N) is 1.